The molecule has 4 atom stereocenters. The molecular formula is C50H56N6O13. The lowest BCUT2D eigenvalue weighted by Crippen LogP contribution is -2.50. The van der Waals surface area contributed by atoms with Crippen LogP contribution in [0.25, 0.3) is 22.3 Å². The number of nitrogens with one attached hydrogen (secondary N) is 3. The van der Waals surface area contributed by atoms with E-state index in [1.54, 1.807) is 6.92 Å². The van der Waals surface area contributed by atoms with E-state index in [1.807, 2.05) is 100 Å². The van der Waals surface area contributed by atoms with E-state index in [2.05, 4.69) is 62.1 Å². The molecule has 0 aliphatic carbocycles. The molecule has 0 radical (unpaired) electrons. The predicted molar refractivity (Wildman–Crippen MR) is 253 cm³/mol. The molecule has 69 heavy (non-hydrogen) atoms. The van der Waals surface area contributed by atoms with Gasteiger partial charge < -0.3 is 46.4 Å². The summed E-state index contributed by atoms with van der Waals surface area (Å²) < 4.78 is 4.84. The van der Waals surface area contributed by atoms with Crippen molar-refractivity contribution in [3.63, 3.8) is 0 Å². The monoisotopic (exact) mass is 948 g/mol. The Bertz CT molecular complexity index is 2640. The minimum Gasteiger partial charge on any atom is -0.479 e. The average Bonchev–Trinajstić information content (AvgIpc) is 4.05. The number of nitrogens with two attached hydrogens (primary N) is 1. The van der Waals surface area contributed by atoms with E-state index in [0.29, 0.717) is 0 Å². The van der Waals surface area contributed by atoms with E-state index < -0.39 is 59.4 Å². The van der Waals surface area contributed by atoms with Crippen LogP contribution in [0.4, 0.5) is 0 Å². The Morgan fingerprint density at radius 3 is 1.41 bits per heavy atom. The van der Waals surface area contributed by atoms with Crippen LogP contribution in [0.3, 0.4) is 0 Å². The van der Waals surface area contributed by atoms with Crippen molar-refractivity contribution in [2.45, 2.75) is 82.6 Å². The van der Waals surface area contributed by atoms with Gasteiger partial charge in [-0.05, 0) is 40.3 Å². The first-order valence-electron chi connectivity index (χ1n) is 21.5. The smallest absolute Gasteiger partial charge is 0.356 e. The molecule has 6 aromatic rings. The Morgan fingerprint density at radius 1 is 0.594 bits per heavy atom. The molecule has 0 aliphatic rings. The van der Waals surface area contributed by atoms with Crippen LogP contribution >= 0.6 is 0 Å². The Balaban J connectivity index is 0.000000252. The maximum atomic E-state index is 12.7. The van der Waals surface area contributed by atoms with Crippen LogP contribution in [0, 0.1) is 0 Å². The summed E-state index contributed by atoms with van der Waals surface area (Å²) in [7, 11) is 0. The molecule has 0 unspecified atom stereocenters. The van der Waals surface area contributed by atoms with Crippen LogP contribution in [0.15, 0.2) is 121 Å². The molecule has 1 amide bonds. The summed E-state index contributed by atoms with van der Waals surface area (Å²) in [5.41, 5.74) is 10.4. The average molecular weight is 949 g/mol. The number of hydrogen-bond donors (Lipinski definition) is 10. The molecule has 0 saturated heterocycles. The Morgan fingerprint density at radius 2 is 1.01 bits per heavy atom. The summed E-state index contributed by atoms with van der Waals surface area (Å²) in [5.74, 6) is -6.46. The summed E-state index contributed by atoms with van der Waals surface area (Å²) in [6.45, 7) is 9.66. The van der Waals surface area contributed by atoms with Crippen LogP contribution in [-0.2, 0) is 25.2 Å². The second kappa shape index (κ2) is 24.1. The second-order valence-corrected chi connectivity index (χ2v) is 16.8. The number of carbonyl (C=O) groups is 6. The Kier molecular flexibility index (Phi) is 18.8. The molecule has 0 bridgehead atoms. The van der Waals surface area contributed by atoms with Gasteiger partial charge in [0.05, 0.1) is 6.61 Å². The van der Waals surface area contributed by atoms with Gasteiger partial charge in [-0.2, -0.15) is 10.2 Å². The van der Waals surface area contributed by atoms with E-state index in [0.717, 1.165) is 45.5 Å². The van der Waals surface area contributed by atoms with E-state index >= 15 is 0 Å². The number of aromatic nitrogens is 4. The van der Waals surface area contributed by atoms with Crippen molar-refractivity contribution in [2.75, 3.05) is 6.61 Å². The number of aliphatic hydroxyl groups is 2. The van der Waals surface area contributed by atoms with Crippen molar-refractivity contribution < 1.29 is 64.1 Å². The number of carbonyl (C=O) groups excluding carboxylic acids is 2. The third-order valence-electron chi connectivity index (χ3n) is 11.4. The van der Waals surface area contributed by atoms with Gasteiger partial charge in [-0.3, -0.25) is 15.0 Å². The third kappa shape index (κ3) is 14.7. The van der Waals surface area contributed by atoms with Crippen LogP contribution in [0.2, 0.25) is 0 Å². The quantitative estimate of drug-likeness (QED) is 0.0458. The number of ether oxygens (including phenoxy) is 1. The summed E-state index contributed by atoms with van der Waals surface area (Å²) in [4.78, 5) is 67.0. The summed E-state index contributed by atoms with van der Waals surface area (Å²) in [6, 6.07) is 36.7. The number of aromatic amines is 2. The Labute approximate surface area is 397 Å². The first kappa shape index (κ1) is 53.6. The fraction of sp³-hybridized carbons (Fsp3) is 0.280. The number of aromatic carboxylic acids is 3. The van der Waals surface area contributed by atoms with E-state index in [4.69, 9.17) is 25.8 Å². The van der Waals surface area contributed by atoms with Crippen LogP contribution in [0.5, 0.6) is 0 Å². The number of nitrogens with zero attached hydrogens (tertiary/aromatic N) is 2. The highest BCUT2D eigenvalue weighted by Crippen LogP contribution is 2.33. The fourth-order valence-electron chi connectivity index (χ4n) is 6.91. The van der Waals surface area contributed by atoms with Crippen LogP contribution < -0.4 is 11.1 Å². The fourth-order valence-corrected chi connectivity index (χ4v) is 6.91. The molecule has 0 spiro atoms. The molecule has 6 rings (SSSR count). The van der Waals surface area contributed by atoms with Gasteiger partial charge in [0.25, 0.3) is 5.91 Å². The topological polar surface area (TPSA) is 328 Å². The lowest BCUT2D eigenvalue weighted by molar-refractivity contribution is -0.153. The molecule has 0 saturated carbocycles. The number of amides is 1. The third-order valence-corrected chi connectivity index (χ3v) is 11.4. The molecule has 0 aliphatic heterocycles. The largest absolute Gasteiger partial charge is 0.479 e. The van der Waals surface area contributed by atoms with Crippen molar-refractivity contribution in [1.82, 2.24) is 25.7 Å². The standard InChI is InChI=1S/C24H25N3O6.C21H27NO3.C5H4N2O4/c1-24(2,16-10-8-15(9-11-16)14-6-4-3-5-7-14)20(13-19(28)23(32)33)25-21(29)17-12-18(22(30)31)27-26-17;1-4-25-20(24)18(23)14-19(22)21(2,3)17-12-10-16(11-13-17)15-8-6-5-7-9-15;8-4(9)2-1-3(5(10)11)7-6-2/h3-12,19-20,28H,13H2,1-2H3,(H,25,29)(H,26,27)(H,30,31)(H,32,33);5-13,18-19,23H,4,14,22H2,1-3H3;1H,(H,6,7)(H,8,9)(H,10,11)/t19-,20+;18-,19+;/m11./s1. The Hall–Kier alpha value is -8.00. The molecule has 19 heteroatoms. The molecule has 4 aromatic carbocycles. The number of esters is 1. The van der Waals surface area contributed by atoms with Gasteiger partial charge in [0.2, 0.25) is 0 Å². The van der Waals surface area contributed by atoms with Gasteiger partial charge in [-0.15, -0.1) is 0 Å². The molecular weight excluding hydrogens is 893 g/mol. The maximum Gasteiger partial charge on any atom is 0.356 e. The highest BCUT2D eigenvalue weighted by Gasteiger charge is 2.37. The first-order chi connectivity index (χ1) is 32.6. The molecule has 19 nitrogen and oxygen atoms in total. The zero-order chi connectivity index (χ0) is 51.1. The molecule has 2 aromatic heterocycles. The van der Waals surface area contributed by atoms with Gasteiger partial charge >= 0.3 is 29.8 Å². The van der Waals surface area contributed by atoms with Crippen molar-refractivity contribution in [3.05, 3.63) is 155 Å². The van der Waals surface area contributed by atoms with Gasteiger partial charge in [0.1, 0.15) is 11.4 Å². The number of H-pyrrole nitrogens is 2. The van der Waals surface area contributed by atoms with E-state index in [-0.39, 0.29) is 53.7 Å². The van der Waals surface area contributed by atoms with Gasteiger partial charge in [0.15, 0.2) is 23.6 Å². The van der Waals surface area contributed by atoms with Gasteiger partial charge in [-0.1, -0.05) is 137 Å². The number of carboxylic acid groups (broad SMARTS) is 4. The second-order valence-electron chi connectivity index (χ2n) is 16.8. The van der Waals surface area contributed by atoms with Crippen molar-refractivity contribution in [3.8, 4) is 22.3 Å². The molecule has 364 valence electrons. The molecule has 0 fully saturated rings. The van der Waals surface area contributed by atoms with Crippen molar-refractivity contribution in [2.24, 2.45) is 5.73 Å². The zero-order valence-corrected chi connectivity index (χ0v) is 38.5. The normalized spacial score (nSPS) is 12.9. The van der Waals surface area contributed by atoms with Crippen molar-refractivity contribution >= 4 is 35.8 Å². The SMILES string of the molecule is CC(C)(c1ccc(-c2ccccc2)cc1)[C@H](C[C@@H](O)C(=O)O)NC(=O)c1cc(C(=O)O)[nH]n1.CCOC(=O)[C@H](O)C[C@H](N)C(C)(C)c1ccc(-c2ccccc2)cc1.O=C(O)c1cc(C(=O)O)[nH]n1. The zero-order valence-electron chi connectivity index (χ0n) is 38.5. The molecule has 2 heterocycles. The minimum absolute atomic E-state index is 0.155. The summed E-state index contributed by atoms with van der Waals surface area (Å²) >= 11 is 0. The predicted octanol–water partition coefficient (Wildman–Crippen LogP) is 5.77. The van der Waals surface area contributed by atoms with Crippen LogP contribution in [0.1, 0.15) is 101 Å². The number of benzene rings is 4. The number of aliphatic carboxylic acids is 1. The van der Waals surface area contributed by atoms with Crippen molar-refractivity contribution in [1.29, 1.82) is 0 Å². The minimum atomic E-state index is -1.70. The van der Waals surface area contributed by atoms with Crippen LogP contribution in [-0.4, -0.2) is 118 Å². The van der Waals surface area contributed by atoms with E-state index in [1.165, 1.54) is 0 Å². The highest BCUT2D eigenvalue weighted by molar-refractivity contribution is 5.95. The first-order valence-corrected chi connectivity index (χ1v) is 21.5. The van der Waals surface area contributed by atoms with E-state index in [9.17, 15) is 44.1 Å². The maximum absolute atomic E-state index is 12.7. The lowest BCUT2D eigenvalue weighted by Gasteiger charge is -2.36. The summed E-state index contributed by atoms with van der Waals surface area (Å²) in [5, 5.41) is 68.8. The lowest BCUT2D eigenvalue weighted by atomic mass is 9.75. The number of aliphatic hydroxyl groups excluding tert-OH is 2. The molecule has 11 N–H and O–H groups in total. The van der Waals surface area contributed by atoms with Gasteiger partial charge in [-0.25, -0.2) is 24.0 Å². The van der Waals surface area contributed by atoms with Gasteiger partial charge in [0, 0.05) is 47.9 Å². The highest BCUT2D eigenvalue weighted by atomic mass is 16.5. The number of rotatable bonds is 18. The summed E-state index contributed by atoms with van der Waals surface area (Å²) in [6.07, 6.45) is -3.00. The number of carboxylic acids is 4. The number of hydrogen-bond acceptors (Lipinski definition) is 12.